The average molecular weight is 465 g/mol. The number of carbonyl (C=O) groups excluding carboxylic acids is 1. The van der Waals surface area contributed by atoms with Crippen LogP contribution in [0.25, 0.3) is 0 Å². The van der Waals surface area contributed by atoms with E-state index in [4.69, 9.17) is 4.74 Å². The van der Waals surface area contributed by atoms with Gasteiger partial charge in [-0.2, -0.15) is 0 Å². The Morgan fingerprint density at radius 2 is 1.79 bits per heavy atom. The molecule has 172 valence electrons. The summed E-state index contributed by atoms with van der Waals surface area (Å²) in [6.45, 7) is 5.29. The highest BCUT2D eigenvalue weighted by Gasteiger charge is 2.30. The van der Waals surface area contributed by atoms with Crippen LogP contribution < -0.4 is 14.4 Å². The fourth-order valence-electron chi connectivity index (χ4n) is 3.74. The fraction of sp³-hybridized carbons (Fsp3) is 0.269. The summed E-state index contributed by atoms with van der Waals surface area (Å²) >= 11 is 0. The molecular formula is C26H28N2O4S. The van der Waals surface area contributed by atoms with Crippen molar-refractivity contribution < 1.29 is 17.9 Å². The molecule has 6 nitrogen and oxygen atoms in total. The lowest BCUT2D eigenvalue weighted by molar-refractivity contribution is 0.102. The van der Waals surface area contributed by atoms with Crippen LogP contribution in [0.5, 0.6) is 5.75 Å². The van der Waals surface area contributed by atoms with Gasteiger partial charge in [0.15, 0.2) is 0 Å². The van der Waals surface area contributed by atoms with Gasteiger partial charge in [-0.3, -0.25) is 9.10 Å². The summed E-state index contributed by atoms with van der Waals surface area (Å²) in [6.07, 6.45) is 1.64. The number of benzene rings is 3. The lowest BCUT2D eigenvalue weighted by Gasteiger charge is -2.19. The molecule has 0 aromatic heterocycles. The highest BCUT2D eigenvalue weighted by molar-refractivity contribution is 7.92. The van der Waals surface area contributed by atoms with E-state index in [0.717, 1.165) is 17.7 Å². The van der Waals surface area contributed by atoms with E-state index in [-0.39, 0.29) is 10.8 Å². The van der Waals surface area contributed by atoms with Gasteiger partial charge in [0, 0.05) is 17.8 Å². The van der Waals surface area contributed by atoms with Gasteiger partial charge in [0.1, 0.15) is 5.75 Å². The van der Waals surface area contributed by atoms with Crippen molar-refractivity contribution in [2.45, 2.75) is 31.6 Å². The molecule has 0 unspecified atom stereocenters. The van der Waals surface area contributed by atoms with E-state index in [1.807, 2.05) is 30.3 Å². The maximum Gasteiger partial charge on any atom is 0.264 e. The maximum absolute atomic E-state index is 13.1. The first-order valence-corrected chi connectivity index (χ1v) is 12.5. The first kappa shape index (κ1) is 22.9. The van der Waals surface area contributed by atoms with E-state index in [1.54, 1.807) is 30.3 Å². The predicted molar refractivity (Wildman–Crippen MR) is 130 cm³/mol. The summed E-state index contributed by atoms with van der Waals surface area (Å²) in [6, 6.07) is 20.8. The molecule has 3 aromatic carbocycles. The van der Waals surface area contributed by atoms with Crippen molar-refractivity contribution in [2.75, 3.05) is 22.8 Å². The molecule has 4 rings (SSSR count). The molecule has 33 heavy (non-hydrogen) atoms. The summed E-state index contributed by atoms with van der Waals surface area (Å²) in [5.74, 6) is 0.910. The molecule has 0 aliphatic carbocycles. The molecule has 3 aromatic rings. The summed E-state index contributed by atoms with van der Waals surface area (Å²) in [5, 5.41) is 2.82. The number of hydrogen-bond acceptors (Lipinski definition) is 4. The predicted octanol–water partition coefficient (Wildman–Crippen LogP) is 5.12. The maximum atomic E-state index is 13.1. The first-order valence-electron chi connectivity index (χ1n) is 11.1. The van der Waals surface area contributed by atoms with E-state index >= 15 is 0 Å². The number of ether oxygens (including phenoxy) is 1. The Kier molecular flexibility index (Phi) is 6.70. The van der Waals surface area contributed by atoms with Gasteiger partial charge in [-0.1, -0.05) is 38.1 Å². The van der Waals surface area contributed by atoms with Crippen molar-refractivity contribution in [3.63, 3.8) is 0 Å². The van der Waals surface area contributed by atoms with Crippen molar-refractivity contribution in [3.8, 4) is 5.75 Å². The monoisotopic (exact) mass is 464 g/mol. The van der Waals surface area contributed by atoms with Crippen LogP contribution in [0.3, 0.4) is 0 Å². The van der Waals surface area contributed by atoms with Gasteiger partial charge in [0.2, 0.25) is 0 Å². The van der Waals surface area contributed by atoms with E-state index in [2.05, 4.69) is 19.2 Å². The Morgan fingerprint density at radius 3 is 2.55 bits per heavy atom. The molecule has 1 N–H and O–H groups in total. The molecule has 0 saturated carbocycles. The number of carbonyl (C=O) groups is 1. The minimum absolute atomic E-state index is 0.192. The SMILES string of the molecule is CC(C)CCOc1cccc(C(=O)Nc2ccc(S(=O)(=O)N3CCc4ccccc43)cc2)c1. The molecule has 7 heteroatoms. The van der Waals surface area contributed by atoms with Gasteiger partial charge in [0.25, 0.3) is 15.9 Å². The summed E-state index contributed by atoms with van der Waals surface area (Å²) in [5.41, 5.74) is 2.75. The average Bonchev–Trinajstić information content (AvgIpc) is 3.24. The first-order chi connectivity index (χ1) is 15.8. The van der Waals surface area contributed by atoms with Crippen LogP contribution in [0.15, 0.2) is 77.7 Å². The Labute approximate surface area is 195 Å². The number of hydrogen-bond donors (Lipinski definition) is 1. The molecule has 1 aliphatic heterocycles. The van der Waals surface area contributed by atoms with E-state index in [0.29, 0.717) is 42.5 Å². The largest absolute Gasteiger partial charge is 0.494 e. The number of amides is 1. The van der Waals surface area contributed by atoms with Crippen LogP contribution in [-0.2, 0) is 16.4 Å². The smallest absolute Gasteiger partial charge is 0.264 e. The summed E-state index contributed by atoms with van der Waals surface area (Å²) < 4.78 is 33.5. The van der Waals surface area contributed by atoms with E-state index in [1.165, 1.54) is 16.4 Å². The molecule has 1 aliphatic rings. The lowest BCUT2D eigenvalue weighted by Crippen LogP contribution is -2.29. The van der Waals surface area contributed by atoms with Crippen LogP contribution in [-0.4, -0.2) is 27.5 Å². The minimum Gasteiger partial charge on any atom is -0.494 e. The molecule has 1 amide bonds. The zero-order chi connectivity index (χ0) is 23.4. The third kappa shape index (κ3) is 5.20. The zero-order valence-electron chi connectivity index (χ0n) is 18.8. The number of nitrogens with one attached hydrogen (secondary N) is 1. The molecule has 0 bridgehead atoms. The molecule has 0 spiro atoms. The third-order valence-corrected chi connectivity index (χ3v) is 7.43. The molecule has 0 atom stereocenters. The summed E-state index contributed by atoms with van der Waals surface area (Å²) in [4.78, 5) is 12.9. The van der Waals surface area contributed by atoms with Crippen LogP contribution in [0.4, 0.5) is 11.4 Å². The van der Waals surface area contributed by atoms with E-state index in [9.17, 15) is 13.2 Å². The Hall–Kier alpha value is -3.32. The van der Waals surface area contributed by atoms with Gasteiger partial charge in [-0.15, -0.1) is 0 Å². The molecule has 0 fully saturated rings. The zero-order valence-corrected chi connectivity index (χ0v) is 19.6. The molecule has 0 saturated heterocycles. The molecular weight excluding hydrogens is 436 g/mol. The van der Waals surface area contributed by atoms with Crippen LogP contribution in [0.2, 0.25) is 0 Å². The van der Waals surface area contributed by atoms with Gasteiger partial charge < -0.3 is 10.1 Å². The van der Waals surface area contributed by atoms with Crippen LogP contribution >= 0.6 is 0 Å². The van der Waals surface area contributed by atoms with E-state index < -0.39 is 10.0 Å². The second kappa shape index (κ2) is 9.67. The Bertz CT molecular complexity index is 1240. The fourth-order valence-corrected chi connectivity index (χ4v) is 5.24. The third-order valence-electron chi connectivity index (χ3n) is 5.60. The van der Waals surface area contributed by atoms with Gasteiger partial charge in [0.05, 0.1) is 17.2 Å². The van der Waals surface area contributed by atoms with Gasteiger partial charge in [-0.05, 0) is 72.9 Å². The number of fused-ring (bicyclic) bond motifs is 1. The molecule has 0 radical (unpaired) electrons. The quantitative estimate of drug-likeness (QED) is 0.502. The second-order valence-electron chi connectivity index (χ2n) is 8.49. The highest BCUT2D eigenvalue weighted by atomic mass is 32.2. The number of nitrogens with zero attached hydrogens (tertiary/aromatic N) is 1. The van der Waals surface area contributed by atoms with Crippen molar-refractivity contribution in [3.05, 3.63) is 83.9 Å². The van der Waals surface area contributed by atoms with Gasteiger partial charge in [-0.25, -0.2) is 8.42 Å². The number of rotatable bonds is 8. The van der Waals surface area contributed by atoms with Crippen molar-refractivity contribution in [1.82, 2.24) is 0 Å². The molecule has 1 heterocycles. The normalized spacial score (nSPS) is 13.1. The van der Waals surface area contributed by atoms with Crippen molar-refractivity contribution in [2.24, 2.45) is 5.92 Å². The standard InChI is InChI=1S/C26H28N2O4S/c1-19(2)15-17-32-23-8-5-7-21(18-23)26(29)27-22-10-12-24(13-11-22)33(30,31)28-16-14-20-6-3-4-9-25(20)28/h3-13,18-19H,14-17H2,1-2H3,(H,27,29). The topological polar surface area (TPSA) is 75.7 Å². The number of sulfonamides is 1. The Morgan fingerprint density at radius 1 is 1.03 bits per heavy atom. The number of anilines is 2. The number of para-hydroxylation sites is 1. The van der Waals surface area contributed by atoms with Crippen LogP contribution in [0.1, 0.15) is 36.2 Å². The van der Waals surface area contributed by atoms with Crippen molar-refractivity contribution >= 4 is 27.3 Å². The van der Waals surface area contributed by atoms with Gasteiger partial charge >= 0.3 is 0 Å². The van der Waals surface area contributed by atoms with Crippen LogP contribution in [0, 0.1) is 5.92 Å². The second-order valence-corrected chi connectivity index (χ2v) is 10.4. The van der Waals surface area contributed by atoms with Crippen molar-refractivity contribution in [1.29, 1.82) is 0 Å². The lowest BCUT2D eigenvalue weighted by atomic mass is 10.1. The Balaban J connectivity index is 1.43. The highest BCUT2D eigenvalue weighted by Crippen LogP contribution is 2.32. The summed E-state index contributed by atoms with van der Waals surface area (Å²) in [7, 11) is -3.67. The minimum atomic E-state index is -3.67.